The molecule has 0 aliphatic heterocycles. The maximum absolute atomic E-state index is 5.54. The van der Waals surface area contributed by atoms with E-state index in [1.165, 1.54) is 27.6 Å². The quantitative estimate of drug-likeness (QED) is 0.159. The van der Waals surface area contributed by atoms with Crippen LogP contribution in [0.1, 0.15) is 25.0 Å². The topological polar surface area (TPSA) is 38.7 Å². The highest BCUT2D eigenvalue weighted by Crippen LogP contribution is 2.51. The van der Waals surface area contributed by atoms with Gasteiger partial charge in [-0.15, -0.1) is 0 Å². The van der Waals surface area contributed by atoms with Gasteiger partial charge in [0.2, 0.25) is 0 Å². The van der Waals surface area contributed by atoms with E-state index in [0.717, 1.165) is 66.2 Å². The molecule has 0 N–H and O–H groups in total. The second kappa shape index (κ2) is 13.9. The maximum Gasteiger partial charge on any atom is 0.165 e. The van der Waals surface area contributed by atoms with Gasteiger partial charge in [0, 0.05) is 27.7 Å². The molecule has 3 nitrogen and oxygen atoms in total. The Balaban J connectivity index is 1.25. The normalized spacial score (nSPS) is 12.7. The van der Waals surface area contributed by atoms with Crippen LogP contribution in [0.2, 0.25) is 0 Å². The Hall–Kier alpha value is -7.49. The molecule has 10 aromatic rings. The van der Waals surface area contributed by atoms with Crippen LogP contribution in [-0.2, 0) is 5.41 Å². The van der Waals surface area contributed by atoms with Crippen LogP contribution in [0.25, 0.3) is 100 Å². The SMILES string of the molecule is CC1(C)c2ccccc2-c2cc(-c3c(-c4nc(-c5ccccc5-c5ccccc5)nc(-c5ccccc5-c5ccccc5)n4)c4ccccc4c4ccccc34)ccc21. The third-order valence-corrected chi connectivity index (χ3v) is 12.2. The lowest BCUT2D eigenvalue weighted by Crippen LogP contribution is -2.14. The fourth-order valence-electron chi connectivity index (χ4n) is 9.37. The summed E-state index contributed by atoms with van der Waals surface area (Å²) in [7, 11) is 0. The molecule has 0 fully saturated rings. The van der Waals surface area contributed by atoms with Crippen molar-refractivity contribution in [2.24, 2.45) is 0 Å². The summed E-state index contributed by atoms with van der Waals surface area (Å²) in [6.07, 6.45) is 0. The first-order valence-corrected chi connectivity index (χ1v) is 20.3. The third kappa shape index (κ3) is 5.69. The highest BCUT2D eigenvalue weighted by Gasteiger charge is 2.35. The van der Waals surface area contributed by atoms with Crippen LogP contribution in [-0.4, -0.2) is 15.0 Å². The number of hydrogen-bond acceptors (Lipinski definition) is 3. The molecular formula is C56H39N3. The van der Waals surface area contributed by atoms with Crippen LogP contribution in [0.3, 0.4) is 0 Å². The molecule has 278 valence electrons. The Kier molecular flexibility index (Phi) is 8.16. The Morgan fingerprint density at radius 1 is 0.288 bits per heavy atom. The van der Waals surface area contributed by atoms with E-state index in [2.05, 4.69) is 214 Å². The summed E-state index contributed by atoms with van der Waals surface area (Å²) in [5.41, 5.74) is 14.6. The van der Waals surface area contributed by atoms with Gasteiger partial charge in [-0.3, -0.25) is 0 Å². The van der Waals surface area contributed by atoms with E-state index in [1.54, 1.807) is 0 Å². The molecule has 0 atom stereocenters. The molecule has 0 saturated carbocycles. The molecule has 0 amide bonds. The molecule has 3 heteroatoms. The lowest BCUT2D eigenvalue weighted by molar-refractivity contribution is 0.660. The lowest BCUT2D eigenvalue weighted by atomic mass is 9.81. The van der Waals surface area contributed by atoms with Gasteiger partial charge in [0.1, 0.15) is 0 Å². The van der Waals surface area contributed by atoms with Gasteiger partial charge >= 0.3 is 0 Å². The average Bonchev–Trinajstić information content (AvgIpc) is 3.54. The van der Waals surface area contributed by atoms with Gasteiger partial charge in [-0.2, -0.15) is 0 Å². The molecule has 1 aromatic heterocycles. The zero-order chi connectivity index (χ0) is 39.5. The van der Waals surface area contributed by atoms with E-state index in [1.807, 2.05) is 0 Å². The van der Waals surface area contributed by atoms with Crippen molar-refractivity contribution in [2.45, 2.75) is 19.3 Å². The van der Waals surface area contributed by atoms with Gasteiger partial charge in [-0.25, -0.2) is 15.0 Å². The fraction of sp³-hybridized carbons (Fsp3) is 0.0536. The number of fused-ring (bicyclic) bond motifs is 6. The summed E-state index contributed by atoms with van der Waals surface area (Å²) in [6.45, 7) is 4.67. The van der Waals surface area contributed by atoms with Gasteiger partial charge in [0.15, 0.2) is 17.5 Å². The molecule has 0 spiro atoms. The maximum atomic E-state index is 5.54. The molecule has 0 saturated heterocycles. The van der Waals surface area contributed by atoms with E-state index in [4.69, 9.17) is 15.0 Å². The van der Waals surface area contributed by atoms with Gasteiger partial charge in [0.05, 0.1) is 0 Å². The molecule has 0 bridgehead atoms. The standard InChI is InChI=1S/C56H39N3/c1-56(2)49-32-18-17-27-43(49)48-35-38(33-34-50(48)56)51-44-28-13-11-25-41(44)42-26-12-14-29-45(42)52(51)55-58-53(46-30-15-9-23-39(46)36-19-5-3-6-20-36)57-54(59-55)47-31-16-10-24-40(47)37-21-7-4-8-22-37/h3-35H,1-2H3. The van der Waals surface area contributed by atoms with Gasteiger partial charge in [-0.05, 0) is 77.7 Å². The minimum Gasteiger partial charge on any atom is -0.208 e. The van der Waals surface area contributed by atoms with Crippen LogP contribution >= 0.6 is 0 Å². The van der Waals surface area contributed by atoms with Crippen molar-refractivity contribution in [1.82, 2.24) is 15.0 Å². The first kappa shape index (κ1) is 34.7. The molecule has 1 heterocycles. The minimum absolute atomic E-state index is 0.102. The highest BCUT2D eigenvalue weighted by molar-refractivity contribution is 6.21. The zero-order valence-corrected chi connectivity index (χ0v) is 32.9. The summed E-state index contributed by atoms with van der Waals surface area (Å²) >= 11 is 0. The zero-order valence-electron chi connectivity index (χ0n) is 32.9. The van der Waals surface area contributed by atoms with E-state index >= 15 is 0 Å². The van der Waals surface area contributed by atoms with Crippen molar-refractivity contribution in [3.63, 3.8) is 0 Å². The molecule has 0 unspecified atom stereocenters. The van der Waals surface area contributed by atoms with Crippen molar-refractivity contribution in [3.8, 4) is 78.7 Å². The van der Waals surface area contributed by atoms with Gasteiger partial charge in [-0.1, -0.05) is 208 Å². The predicted octanol–water partition coefficient (Wildman–Crippen LogP) is 14.5. The van der Waals surface area contributed by atoms with E-state index in [0.29, 0.717) is 17.5 Å². The molecule has 9 aromatic carbocycles. The van der Waals surface area contributed by atoms with Crippen molar-refractivity contribution in [1.29, 1.82) is 0 Å². The second-order valence-electron chi connectivity index (χ2n) is 15.9. The predicted molar refractivity (Wildman–Crippen MR) is 245 cm³/mol. The van der Waals surface area contributed by atoms with Crippen molar-refractivity contribution >= 4 is 21.5 Å². The smallest absolute Gasteiger partial charge is 0.165 e. The molecule has 1 aliphatic rings. The van der Waals surface area contributed by atoms with E-state index in [9.17, 15) is 0 Å². The monoisotopic (exact) mass is 753 g/mol. The fourth-order valence-corrected chi connectivity index (χ4v) is 9.37. The number of aromatic nitrogens is 3. The van der Waals surface area contributed by atoms with Gasteiger partial charge in [0.25, 0.3) is 0 Å². The average molecular weight is 754 g/mol. The molecular weight excluding hydrogens is 715 g/mol. The van der Waals surface area contributed by atoms with Gasteiger partial charge < -0.3 is 0 Å². The number of benzene rings is 9. The molecule has 1 aliphatic carbocycles. The Morgan fingerprint density at radius 3 is 1.25 bits per heavy atom. The summed E-state index contributed by atoms with van der Waals surface area (Å²) in [6, 6.07) is 71.3. The molecule has 59 heavy (non-hydrogen) atoms. The minimum atomic E-state index is -0.102. The first-order chi connectivity index (χ1) is 29.0. The Labute approximate surface area is 344 Å². The largest absolute Gasteiger partial charge is 0.208 e. The summed E-state index contributed by atoms with van der Waals surface area (Å²) < 4.78 is 0. The van der Waals surface area contributed by atoms with Crippen LogP contribution in [0.5, 0.6) is 0 Å². The van der Waals surface area contributed by atoms with Crippen LogP contribution in [0.15, 0.2) is 200 Å². The van der Waals surface area contributed by atoms with Crippen LogP contribution < -0.4 is 0 Å². The van der Waals surface area contributed by atoms with Crippen molar-refractivity contribution in [3.05, 3.63) is 211 Å². The van der Waals surface area contributed by atoms with E-state index in [-0.39, 0.29) is 5.41 Å². The summed E-state index contributed by atoms with van der Waals surface area (Å²) in [5.74, 6) is 1.88. The van der Waals surface area contributed by atoms with Crippen LogP contribution in [0.4, 0.5) is 0 Å². The summed E-state index contributed by atoms with van der Waals surface area (Å²) in [4.78, 5) is 16.5. The molecule has 11 rings (SSSR count). The summed E-state index contributed by atoms with van der Waals surface area (Å²) in [5, 5.41) is 4.61. The third-order valence-electron chi connectivity index (χ3n) is 12.2. The highest BCUT2D eigenvalue weighted by atomic mass is 15.0. The number of nitrogens with zero attached hydrogens (tertiary/aromatic N) is 3. The number of rotatable bonds is 6. The first-order valence-electron chi connectivity index (χ1n) is 20.3. The van der Waals surface area contributed by atoms with Crippen molar-refractivity contribution < 1.29 is 0 Å². The lowest BCUT2D eigenvalue weighted by Gasteiger charge is -2.22. The second-order valence-corrected chi connectivity index (χ2v) is 15.9. The molecule has 0 radical (unpaired) electrons. The van der Waals surface area contributed by atoms with E-state index < -0.39 is 0 Å². The Morgan fingerprint density at radius 2 is 0.695 bits per heavy atom. The Bertz CT molecular complexity index is 3140. The number of hydrogen-bond donors (Lipinski definition) is 0. The van der Waals surface area contributed by atoms with Crippen molar-refractivity contribution in [2.75, 3.05) is 0 Å². The van der Waals surface area contributed by atoms with Crippen LogP contribution in [0, 0.1) is 0 Å².